The summed E-state index contributed by atoms with van der Waals surface area (Å²) in [6.07, 6.45) is -0.674. The van der Waals surface area contributed by atoms with Crippen LogP contribution in [0.4, 0.5) is 4.39 Å². The van der Waals surface area contributed by atoms with Crippen LogP contribution < -0.4 is 4.74 Å². The summed E-state index contributed by atoms with van der Waals surface area (Å²) in [6, 6.07) is 19.9. The van der Waals surface area contributed by atoms with Gasteiger partial charge in [0, 0.05) is 24.7 Å². The Morgan fingerprint density at radius 1 is 0.967 bits per heavy atom. The zero-order chi connectivity index (χ0) is 21.5. The highest BCUT2D eigenvalue weighted by Crippen LogP contribution is 2.18. The molecule has 158 valence electrons. The fraction of sp³-hybridized carbons (Fsp3) is 0.280. The van der Waals surface area contributed by atoms with Crippen molar-refractivity contribution in [3.05, 3.63) is 99.8 Å². The lowest BCUT2D eigenvalue weighted by atomic mass is 10.0. The molecule has 0 radical (unpaired) electrons. The van der Waals surface area contributed by atoms with Crippen LogP contribution in [0, 0.1) is 19.7 Å². The molecule has 0 aromatic heterocycles. The molecule has 3 rings (SSSR count). The average molecular weight is 428 g/mol. The number of rotatable bonds is 9. The van der Waals surface area contributed by atoms with Crippen LogP contribution in [0.5, 0.6) is 5.75 Å². The first kappa shape index (κ1) is 22.3. The van der Waals surface area contributed by atoms with Crippen LogP contribution in [-0.2, 0) is 13.1 Å². The van der Waals surface area contributed by atoms with Gasteiger partial charge in [-0.3, -0.25) is 4.90 Å². The second-order valence-electron chi connectivity index (χ2n) is 7.64. The van der Waals surface area contributed by atoms with E-state index in [1.54, 1.807) is 36.4 Å². The molecule has 0 bridgehead atoms. The average Bonchev–Trinajstić information content (AvgIpc) is 2.71. The number of hydrogen-bond acceptors (Lipinski definition) is 3. The number of hydrogen-bond donors (Lipinski definition) is 1. The van der Waals surface area contributed by atoms with Crippen molar-refractivity contribution in [3.8, 4) is 5.75 Å². The number of aryl methyl sites for hydroxylation is 2. The molecule has 5 heteroatoms. The smallest absolute Gasteiger partial charge is 0.123 e. The second-order valence-corrected chi connectivity index (χ2v) is 8.08. The van der Waals surface area contributed by atoms with Gasteiger partial charge in [-0.25, -0.2) is 4.39 Å². The van der Waals surface area contributed by atoms with E-state index < -0.39 is 6.10 Å². The van der Waals surface area contributed by atoms with Crippen molar-refractivity contribution in [1.29, 1.82) is 0 Å². The number of aliphatic hydroxyl groups is 1. The standard InChI is InChI=1S/C25H27ClFNO2/c1-18-3-6-21(19(2)13-18)15-28(14-20-4-9-23(27)10-5-20)16-24(29)17-30-25-11-7-22(26)8-12-25/h3-13,24,29H,14-17H2,1-2H3. The molecule has 1 N–H and O–H groups in total. The van der Waals surface area contributed by atoms with Crippen molar-refractivity contribution < 1.29 is 14.2 Å². The van der Waals surface area contributed by atoms with Crippen molar-refractivity contribution in [2.75, 3.05) is 13.2 Å². The molecule has 0 aliphatic rings. The zero-order valence-corrected chi connectivity index (χ0v) is 18.1. The largest absolute Gasteiger partial charge is 0.491 e. The van der Waals surface area contributed by atoms with Gasteiger partial charge in [0.25, 0.3) is 0 Å². The van der Waals surface area contributed by atoms with Crippen molar-refractivity contribution in [3.63, 3.8) is 0 Å². The highest BCUT2D eigenvalue weighted by atomic mass is 35.5. The molecule has 1 unspecified atom stereocenters. The van der Waals surface area contributed by atoms with E-state index in [4.69, 9.17) is 16.3 Å². The lowest BCUT2D eigenvalue weighted by Crippen LogP contribution is -2.35. The van der Waals surface area contributed by atoms with Gasteiger partial charge in [-0.05, 0) is 66.9 Å². The van der Waals surface area contributed by atoms with Gasteiger partial charge in [0.15, 0.2) is 0 Å². The quantitative estimate of drug-likeness (QED) is 0.486. The number of nitrogens with zero attached hydrogens (tertiary/aromatic N) is 1. The minimum atomic E-state index is -0.674. The van der Waals surface area contributed by atoms with E-state index in [1.165, 1.54) is 28.8 Å². The third-order valence-electron chi connectivity index (χ3n) is 4.94. The van der Waals surface area contributed by atoms with Gasteiger partial charge >= 0.3 is 0 Å². The van der Waals surface area contributed by atoms with Crippen LogP contribution in [0.15, 0.2) is 66.7 Å². The van der Waals surface area contributed by atoms with Crippen molar-refractivity contribution in [1.82, 2.24) is 4.90 Å². The summed E-state index contributed by atoms with van der Waals surface area (Å²) in [5.74, 6) is 0.411. The molecule has 1 atom stereocenters. The van der Waals surface area contributed by atoms with Crippen LogP contribution in [0.25, 0.3) is 0 Å². The predicted octanol–water partition coefficient (Wildman–Crippen LogP) is 5.54. The summed E-state index contributed by atoms with van der Waals surface area (Å²) >= 11 is 5.89. The Kier molecular flexibility index (Phi) is 7.86. The molecule has 3 aromatic rings. The third kappa shape index (κ3) is 6.84. The molecule has 3 nitrogen and oxygen atoms in total. The van der Waals surface area contributed by atoms with E-state index in [2.05, 4.69) is 36.9 Å². The van der Waals surface area contributed by atoms with E-state index in [0.717, 1.165) is 5.56 Å². The molecular formula is C25H27ClFNO2. The van der Waals surface area contributed by atoms with E-state index in [-0.39, 0.29) is 12.4 Å². The van der Waals surface area contributed by atoms with Gasteiger partial charge in [0.1, 0.15) is 24.3 Å². The SMILES string of the molecule is Cc1ccc(CN(Cc2ccc(F)cc2)CC(O)COc2ccc(Cl)cc2)c(C)c1. The topological polar surface area (TPSA) is 32.7 Å². The first-order chi connectivity index (χ1) is 14.4. The number of aliphatic hydroxyl groups excluding tert-OH is 1. The molecule has 0 amide bonds. The van der Waals surface area contributed by atoms with Gasteiger partial charge in [0.2, 0.25) is 0 Å². The summed E-state index contributed by atoms with van der Waals surface area (Å²) < 4.78 is 19.0. The highest BCUT2D eigenvalue weighted by molar-refractivity contribution is 6.30. The fourth-order valence-electron chi connectivity index (χ4n) is 3.37. The molecule has 0 fully saturated rings. The normalized spacial score (nSPS) is 12.2. The van der Waals surface area contributed by atoms with Gasteiger partial charge in [0.05, 0.1) is 0 Å². The molecule has 0 heterocycles. The van der Waals surface area contributed by atoms with Gasteiger partial charge in [-0.1, -0.05) is 47.5 Å². The summed E-state index contributed by atoms with van der Waals surface area (Å²) in [4.78, 5) is 2.15. The monoisotopic (exact) mass is 427 g/mol. The first-order valence-corrected chi connectivity index (χ1v) is 10.4. The Morgan fingerprint density at radius 2 is 1.67 bits per heavy atom. The van der Waals surface area contributed by atoms with Crippen LogP contribution in [0.1, 0.15) is 22.3 Å². The number of benzene rings is 3. The zero-order valence-electron chi connectivity index (χ0n) is 17.3. The molecular weight excluding hydrogens is 401 g/mol. The Morgan fingerprint density at radius 3 is 2.33 bits per heavy atom. The fourth-order valence-corrected chi connectivity index (χ4v) is 3.50. The summed E-state index contributed by atoms with van der Waals surface area (Å²) in [7, 11) is 0. The van der Waals surface area contributed by atoms with Crippen LogP contribution in [-0.4, -0.2) is 29.3 Å². The summed E-state index contributed by atoms with van der Waals surface area (Å²) in [5.41, 5.74) is 4.63. The molecule has 0 aliphatic carbocycles. The van der Waals surface area contributed by atoms with Crippen molar-refractivity contribution in [2.45, 2.75) is 33.0 Å². The second kappa shape index (κ2) is 10.6. The maximum absolute atomic E-state index is 13.3. The number of ether oxygens (including phenoxy) is 1. The maximum Gasteiger partial charge on any atom is 0.123 e. The third-order valence-corrected chi connectivity index (χ3v) is 5.19. The van der Waals surface area contributed by atoms with Crippen molar-refractivity contribution in [2.24, 2.45) is 0 Å². The van der Waals surface area contributed by atoms with Crippen LogP contribution >= 0.6 is 11.6 Å². The minimum Gasteiger partial charge on any atom is -0.491 e. The Balaban J connectivity index is 1.67. The Labute approximate surface area is 182 Å². The van der Waals surface area contributed by atoms with Gasteiger partial charge < -0.3 is 9.84 Å². The Hall–Kier alpha value is -2.40. The van der Waals surface area contributed by atoms with Gasteiger partial charge in [-0.15, -0.1) is 0 Å². The van der Waals surface area contributed by atoms with Crippen LogP contribution in [0.2, 0.25) is 5.02 Å². The minimum absolute atomic E-state index is 0.175. The predicted molar refractivity (Wildman–Crippen MR) is 119 cm³/mol. The summed E-state index contributed by atoms with van der Waals surface area (Å²) in [5, 5.41) is 11.2. The summed E-state index contributed by atoms with van der Waals surface area (Å²) in [6.45, 7) is 6.06. The maximum atomic E-state index is 13.3. The van der Waals surface area contributed by atoms with E-state index in [1.807, 2.05) is 0 Å². The van der Waals surface area contributed by atoms with Crippen LogP contribution in [0.3, 0.4) is 0 Å². The van der Waals surface area contributed by atoms with E-state index >= 15 is 0 Å². The molecule has 3 aromatic carbocycles. The molecule has 0 saturated heterocycles. The molecule has 30 heavy (non-hydrogen) atoms. The lowest BCUT2D eigenvalue weighted by molar-refractivity contribution is 0.0628. The molecule has 0 saturated carbocycles. The van der Waals surface area contributed by atoms with E-state index in [0.29, 0.717) is 30.4 Å². The molecule has 0 aliphatic heterocycles. The molecule has 0 spiro atoms. The first-order valence-electron chi connectivity index (χ1n) is 9.98. The van der Waals surface area contributed by atoms with Crippen molar-refractivity contribution >= 4 is 11.6 Å². The van der Waals surface area contributed by atoms with Gasteiger partial charge in [-0.2, -0.15) is 0 Å². The van der Waals surface area contributed by atoms with E-state index in [9.17, 15) is 9.50 Å². The highest BCUT2D eigenvalue weighted by Gasteiger charge is 2.15. The lowest BCUT2D eigenvalue weighted by Gasteiger charge is -2.26. The number of halogens is 2. The Bertz CT molecular complexity index is 944.